The molecule has 10 nitrogen and oxygen atoms in total. The molecule has 0 atom stereocenters. The maximum atomic E-state index is 13.5. The Morgan fingerprint density at radius 2 is 1.57 bits per heavy atom. The minimum atomic E-state index is -0.752. The summed E-state index contributed by atoms with van der Waals surface area (Å²) < 4.78 is 15.7. The Balaban J connectivity index is 1.37. The minimum absolute atomic E-state index is 0.0238. The molecule has 37 heavy (non-hydrogen) atoms. The van der Waals surface area contributed by atoms with Gasteiger partial charge in [-0.15, -0.1) is 0 Å². The Morgan fingerprint density at radius 3 is 2.35 bits per heavy atom. The molecule has 5 rings (SSSR count). The summed E-state index contributed by atoms with van der Waals surface area (Å²) in [5.74, 6) is -2.08. The van der Waals surface area contributed by atoms with Crippen LogP contribution in [0.25, 0.3) is 21.7 Å². The highest BCUT2D eigenvalue weighted by atomic mass is 19.1. The van der Waals surface area contributed by atoms with Crippen molar-refractivity contribution in [2.45, 2.75) is 13.1 Å². The number of halogens is 1. The SMILES string of the molecule is O=C(Cn1cnc2ccc(F)cc2c1=O)NNC(=O)c1nn(Cc2ccccc2)c(=O)c2ccccc12. The number of aromatic nitrogens is 4. The van der Waals surface area contributed by atoms with E-state index in [2.05, 4.69) is 20.9 Å². The fraction of sp³-hybridized carbons (Fsp3) is 0.0769. The predicted octanol–water partition coefficient (Wildman–Crippen LogP) is 1.75. The molecular weight excluding hydrogens is 479 g/mol. The number of fused-ring (bicyclic) bond motifs is 2. The Kier molecular flexibility index (Phi) is 6.25. The van der Waals surface area contributed by atoms with Gasteiger partial charge in [-0.1, -0.05) is 48.5 Å². The molecule has 2 N–H and O–H groups in total. The molecule has 2 heterocycles. The number of hydrogen-bond donors (Lipinski definition) is 2. The van der Waals surface area contributed by atoms with Crippen LogP contribution in [0.5, 0.6) is 0 Å². The zero-order chi connectivity index (χ0) is 25.9. The van der Waals surface area contributed by atoms with Crippen molar-refractivity contribution in [3.05, 3.63) is 117 Å². The van der Waals surface area contributed by atoms with Crippen molar-refractivity contribution in [2.75, 3.05) is 0 Å². The van der Waals surface area contributed by atoms with Crippen LogP contribution in [0.3, 0.4) is 0 Å². The molecule has 0 fully saturated rings. The average molecular weight is 498 g/mol. The molecule has 0 aliphatic heterocycles. The van der Waals surface area contributed by atoms with Crippen LogP contribution < -0.4 is 22.0 Å². The van der Waals surface area contributed by atoms with E-state index in [-0.39, 0.29) is 23.2 Å². The number of nitrogens with one attached hydrogen (secondary N) is 2. The van der Waals surface area contributed by atoms with Crippen molar-refractivity contribution in [1.82, 2.24) is 30.2 Å². The number of rotatable bonds is 5. The van der Waals surface area contributed by atoms with Gasteiger partial charge in [0, 0.05) is 5.39 Å². The molecule has 0 saturated carbocycles. The van der Waals surface area contributed by atoms with Crippen molar-refractivity contribution < 1.29 is 14.0 Å². The zero-order valence-electron chi connectivity index (χ0n) is 19.2. The maximum Gasteiger partial charge on any atom is 0.290 e. The van der Waals surface area contributed by atoms with Gasteiger partial charge in [0.1, 0.15) is 12.4 Å². The second-order valence-corrected chi connectivity index (χ2v) is 8.18. The van der Waals surface area contributed by atoms with Crippen molar-refractivity contribution in [2.24, 2.45) is 0 Å². The van der Waals surface area contributed by atoms with E-state index in [1.807, 2.05) is 30.3 Å². The normalized spacial score (nSPS) is 10.9. The number of carbonyl (C=O) groups excluding carboxylic acids is 2. The van der Waals surface area contributed by atoms with Gasteiger partial charge in [-0.25, -0.2) is 14.1 Å². The number of amides is 2. The minimum Gasteiger partial charge on any atom is -0.289 e. The summed E-state index contributed by atoms with van der Waals surface area (Å²) in [6, 6.07) is 19.3. The molecule has 2 aromatic heterocycles. The Hall–Kier alpha value is -5.19. The predicted molar refractivity (Wildman–Crippen MR) is 133 cm³/mol. The van der Waals surface area contributed by atoms with Gasteiger partial charge in [-0.2, -0.15) is 5.10 Å². The third-order valence-corrected chi connectivity index (χ3v) is 5.67. The third kappa shape index (κ3) is 4.82. The largest absolute Gasteiger partial charge is 0.290 e. The van der Waals surface area contributed by atoms with E-state index in [9.17, 15) is 23.6 Å². The van der Waals surface area contributed by atoms with E-state index in [4.69, 9.17) is 0 Å². The van der Waals surface area contributed by atoms with Crippen molar-refractivity contribution in [3.8, 4) is 0 Å². The van der Waals surface area contributed by atoms with E-state index in [1.165, 1.54) is 23.1 Å². The van der Waals surface area contributed by atoms with Gasteiger partial charge in [0.2, 0.25) is 0 Å². The van der Waals surface area contributed by atoms with Crippen LogP contribution >= 0.6 is 0 Å². The van der Waals surface area contributed by atoms with Gasteiger partial charge in [-0.3, -0.25) is 34.6 Å². The van der Waals surface area contributed by atoms with Gasteiger partial charge >= 0.3 is 0 Å². The zero-order valence-corrected chi connectivity index (χ0v) is 19.2. The van der Waals surface area contributed by atoms with Gasteiger partial charge in [-0.05, 0) is 29.8 Å². The first-order valence-corrected chi connectivity index (χ1v) is 11.2. The highest BCUT2D eigenvalue weighted by molar-refractivity contribution is 6.05. The average Bonchev–Trinajstić information content (AvgIpc) is 2.91. The number of hydrogen-bond acceptors (Lipinski definition) is 6. The second-order valence-electron chi connectivity index (χ2n) is 8.18. The summed E-state index contributed by atoms with van der Waals surface area (Å²) in [6.45, 7) is -0.324. The lowest BCUT2D eigenvalue weighted by Crippen LogP contribution is -2.45. The van der Waals surface area contributed by atoms with Gasteiger partial charge < -0.3 is 0 Å². The Labute approximate surface area is 208 Å². The first kappa shape index (κ1) is 23.5. The van der Waals surface area contributed by atoms with Crippen LogP contribution in [0.4, 0.5) is 4.39 Å². The summed E-state index contributed by atoms with van der Waals surface area (Å²) in [4.78, 5) is 55.1. The van der Waals surface area contributed by atoms with E-state index in [1.54, 1.807) is 24.3 Å². The number of nitrogens with zero attached hydrogens (tertiary/aromatic N) is 4. The van der Waals surface area contributed by atoms with Crippen molar-refractivity contribution >= 4 is 33.5 Å². The molecule has 0 bridgehead atoms. The van der Waals surface area contributed by atoms with Crippen LogP contribution in [-0.2, 0) is 17.9 Å². The summed E-state index contributed by atoms with van der Waals surface area (Å²) in [5, 5.41) is 4.90. The number of hydrazine groups is 1. The molecule has 11 heteroatoms. The first-order chi connectivity index (χ1) is 17.9. The van der Waals surface area contributed by atoms with E-state index >= 15 is 0 Å². The standard InChI is InChI=1S/C26H19FN6O4/c27-17-10-11-21-20(12-17)25(36)32(15-28-21)14-22(34)29-30-24(35)23-18-8-4-5-9-19(18)26(37)33(31-23)13-16-6-2-1-3-7-16/h1-12,15H,13-14H2,(H,29,34)(H,30,35). The molecule has 0 aliphatic rings. The summed E-state index contributed by atoms with van der Waals surface area (Å²) in [6.07, 6.45) is 1.17. The second kappa shape index (κ2) is 9.82. The smallest absolute Gasteiger partial charge is 0.289 e. The first-order valence-electron chi connectivity index (χ1n) is 11.2. The fourth-order valence-electron chi connectivity index (χ4n) is 3.89. The van der Waals surface area contributed by atoms with Crippen molar-refractivity contribution in [3.63, 3.8) is 0 Å². The molecular formula is C26H19FN6O4. The van der Waals surface area contributed by atoms with E-state index < -0.39 is 29.7 Å². The molecule has 0 saturated heterocycles. The topological polar surface area (TPSA) is 128 Å². The van der Waals surface area contributed by atoms with Gasteiger partial charge in [0.15, 0.2) is 5.69 Å². The molecule has 5 aromatic rings. The van der Waals surface area contributed by atoms with E-state index in [0.29, 0.717) is 16.3 Å². The summed E-state index contributed by atoms with van der Waals surface area (Å²) in [5.41, 5.74) is 4.59. The molecule has 0 unspecified atom stereocenters. The van der Waals surface area contributed by atoms with Crippen LogP contribution in [-0.4, -0.2) is 31.1 Å². The lowest BCUT2D eigenvalue weighted by molar-refractivity contribution is -0.122. The van der Waals surface area contributed by atoms with Crippen LogP contribution in [0.1, 0.15) is 16.1 Å². The van der Waals surface area contributed by atoms with Gasteiger partial charge in [0.05, 0.1) is 29.2 Å². The molecule has 0 aliphatic carbocycles. The van der Waals surface area contributed by atoms with Crippen LogP contribution in [0.2, 0.25) is 0 Å². The quantitative estimate of drug-likeness (QED) is 0.356. The highest BCUT2D eigenvalue weighted by Crippen LogP contribution is 2.14. The van der Waals surface area contributed by atoms with Crippen LogP contribution in [0, 0.1) is 5.82 Å². The lowest BCUT2D eigenvalue weighted by atomic mass is 10.1. The Bertz CT molecular complexity index is 1780. The molecule has 3 aromatic carbocycles. The lowest BCUT2D eigenvalue weighted by Gasteiger charge is -2.12. The highest BCUT2D eigenvalue weighted by Gasteiger charge is 2.18. The molecule has 2 amide bonds. The van der Waals surface area contributed by atoms with Crippen LogP contribution in [0.15, 0.2) is 88.7 Å². The third-order valence-electron chi connectivity index (χ3n) is 5.67. The fourth-order valence-corrected chi connectivity index (χ4v) is 3.89. The maximum absolute atomic E-state index is 13.5. The van der Waals surface area contributed by atoms with E-state index in [0.717, 1.165) is 16.2 Å². The molecule has 0 spiro atoms. The number of carbonyl (C=O) groups is 2. The molecule has 0 radical (unpaired) electrons. The van der Waals surface area contributed by atoms with Crippen molar-refractivity contribution in [1.29, 1.82) is 0 Å². The monoisotopic (exact) mass is 498 g/mol. The molecule has 184 valence electrons. The van der Waals surface area contributed by atoms with Gasteiger partial charge in [0.25, 0.3) is 22.9 Å². The number of benzene rings is 3. The summed E-state index contributed by atoms with van der Waals surface area (Å²) >= 11 is 0. The Morgan fingerprint density at radius 1 is 0.838 bits per heavy atom. The summed E-state index contributed by atoms with van der Waals surface area (Å²) in [7, 11) is 0.